The number of ether oxygens (including phenoxy) is 1. The Labute approximate surface area is 164 Å². The minimum atomic E-state index is -0.105. The van der Waals surface area contributed by atoms with Crippen LogP contribution in [0.2, 0.25) is 0 Å². The number of likely N-dealkylation sites (N-methyl/N-ethyl adjacent to an activating group) is 1. The highest BCUT2D eigenvalue weighted by Gasteiger charge is 2.19. The van der Waals surface area contributed by atoms with Crippen molar-refractivity contribution < 1.29 is 14.4 Å². The lowest BCUT2D eigenvalue weighted by molar-refractivity contribution is -0.871. The molecule has 2 atom stereocenters. The molecular formula is C22H25N2O2S+. The van der Waals surface area contributed by atoms with Crippen molar-refractivity contribution in [1.29, 1.82) is 0 Å². The highest BCUT2D eigenvalue weighted by Crippen LogP contribution is 2.25. The lowest BCUT2D eigenvalue weighted by Crippen LogP contribution is -3.10. The van der Waals surface area contributed by atoms with Crippen molar-refractivity contribution in [2.24, 2.45) is 0 Å². The van der Waals surface area contributed by atoms with Crippen LogP contribution < -0.4 is 15.0 Å². The van der Waals surface area contributed by atoms with Gasteiger partial charge in [-0.1, -0.05) is 54.6 Å². The minimum absolute atomic E-state index is 0.0365. The Morgan fingerprint density at radius 3 is 2.41 bits per heavy atom. The van der Waals surface area contributed by atoms with Gasteiger partial charge in [0.1, 0.15) is 18.9 Å². The van der Waals surface area contributed by atoms with Gasteiger partial charge in [-0.3, -0.25) is 4.79 Å². The maximum absolute atomic E-state index is 12.6. The number of carbonyl (C=O) groups excluding carboxylic acids is 1. The van der Waals surface area contributed by atoms with Gasteiger partial charge in [-0.15, -0.1) is 11.3 Å². The third-order valence-electron chi connectivity index (χ3n) is 4.27. The third kappa shape index (κ3) is 5.94. The van der Waals surface area contributed by atoms with Crippen LogP contribution in [0.4, 0.5) is 0 Å². The van der Waals surface area contributed by atoms with Crippen molar-refractivity contribution in [3.05, 3.63) is 88.6 Å². The van der Waals surface area contributed by atoms with E-state index in [9.17, 15) is 4.79 Å². The van der Waals surface area contributed by atoms with Gasteiger partial charge in [-0.05, 0) is 29.1 Å². The van der Waals surface area contributed by atoms with Crippen LogP contribution >= 0.6 is 11.3 Å². The molecule has 1 aromatic heterocycles. The van der Waals surface area contributed by atoms with E-state index in [1.54, 1.807) is 11.3 Å². The van der Waals surface area contributed by atoms with Gasteiger partial charge in [0.2, 0.25) is 0 Å². The molecule has 0 aliphatic heterocycles. The van der Waals surface area contributed by atoms with Crippen LogP contribution in [0.15, 0.2) is 78.2 Å². The van der Waals surface area contributed by atoms with E-state index >= 15 is 0 Å². The average Bonchev–Trinajstić information content (AvgIpc) is 3.22. The van der Waals surface area contributed by atoms with Crippen LogP contribution in [0, 0.1) is 0 Å². The van der Waals surface area contributed by atoms with Crippen LogP contribution in [0.1, 0.15) is 16.5 Å². The van der Waals surface area contributed by atoms with E-state index in [0.717, 1.165) is 27.6 Å². The van der Waals surface area contributed by atoms with E-state index in [1.165, 1.54) is 0 Å². The zero-order valence-corrected chi connectivity index (χ0v) is 16.2. The van der Waals surface area contributed by atoms with E-state index in [0.29, 0.717) is 13.2 Å². The van der Waals surface area contributed by atoms with E-state index in [4.69, 9.17) is 4.74 Å². The van der Waals surface area contributed by atoms with Gasteiger partial charge in [0.05, 0.1) is 13.1 Å². The van der Waals surface area contributed by atoms with Gasteiger partial charge in [0, 0.05) is 4.88 Å². The molecule has 3 rings (SSSR count). The summed E-state index contributed by atoms with van der Waals surface area (Å²) in [6.45, 7) is 1.75. The molecule has 0 radical (unpaired) electrons. The molecule has 0 saturated heterocycles. The lowest BCUT2D eigenvalue weighted by Gasteiger charge is -2.20. The molecule has 1 heterocycles. The van der Waals surface area contributed by atoms with Crippen molar-refractivity contribution in [1.82, 2.24) is 5.32 Å². The molecule has 1 unspecified atom stereocenters. The molecule has 3 aromatic rings. The lowest BCUT2D eigenvalue weighted by atomic mass is 10.1. The number of quaternary nitrogens is 1. The Morgan fingerprint density at radius 2 is 1.74 bits per heavy atom. The number of amides is 1. The second-order valence-electron chi connectivity index (χ2n) is 6.47. The molecule has 0 aliphatic carbocycles. The molecule has 0 aliphatic rings. The molecule has 2 aromatic carbocycles. The first-order valence-corrected chi connectivity index (χ1v) is 9.97. The van der Waals surface area contributed by atoms with Crippen LogP contribution in [0.3, 0.4) is 0 Å². The summed E-state index contributed by atoms with van der Waals surface area (Å²) < 4.78 is 5.72. The average molecular weight is 382 g/mol. The number of nitrogens with one attached hydrogen (secondary N) is 2. The Balaban J connectivity index is 1.51. The minimum Gasteiger partial charge on any atom is -0.488 e. The fourth-order valence-electron chi connectivity index (χ4n) is 2.85. The zero-order chi connectivity index (χ0) is 18.9. The SMILES string of the molecule is C[NH+](CCOc1ccccc1)CC(=O)N[C@H](c1ccccc1)c1cccs1. The van der Waals surface area contributed by atoms with Gasteiger partial charge in [0.25, 0.3) is 5.91 Å². The quantitative estimate of drug-likeness (QED) is 0.598. The Kier molecular flexibility index (Phi) is 7.02. The van der Waals surface area contributed by atoms with Crippen LogP contribution in [0.25, 0.3) is 0 Å². The van der Waals surface area contributed by atoms with Crippen molar-refractivity contribution in [3.63, 3.8) is 0 Å². The van der Waals surface area contributed by atoms with Crippen molar-refractivity contribution in [2.75, 3.05) is 26.7 Å². The number of thiophene rings is 1. The first kappa shape index (κ1) is 19.1. The van der Waals surface area contributed by atoms with E-state index < -0.39 is 0 Å². The third-order valence-corrected chi connectivity index (χ3v) is 5.21. The molecule has 0 fully saturated rings. The summed E-state index contributed by atoms with van der Waals surface area (Å²) >= 11 is 1.66. The van der Waals surface area contributed by atoms with Crippen molar-refractivity contribution in [2.45, 2.75) is 6.04 Å². The smallest absolute Gasteiger partial charge is 0.275 e. The molecule has 4 nitrogen and oxygen atoms in total. The summed E-state index contributed by atoms with van der Waals surface area (Å²) in [7, 11) is 2.01. The Morgan fingerprint density at radius 1 is 1.04 bits per heavy atom. The Bertz CT molecular complexity index is 807. The topological polar surface area (TPSA) is 42.8 Å². The zero-order valence-electron chi connectivity index (χ0n) is 15.4. The van der Waals surface area contributed by atoms with Gasteiger partial charge < -0.3 is 15.0 Å². The second-order valence-corrected chi connectivity index (χ2v) is 7.45. The highest BCUT2D eigenvalue weighted by atomic mass is 32.1. The fraction of sp³-hybridized carbons (Fsp3) is 0.227. The molecule has 0 spiro atoms. The number of hydrogen-bond acceptors (Lipinski definition) is 3. The van der Waals surface area contributed by atoms with Crippen LogP contribution in [-0.2, 0) is 4.79 Å². The van der Waals surface area contributed by atoms with Crippen molar-refractivity contribution >= 4 is 17.2 Å². The largest absolute Gasteiger partial charge is 0.488 e. The van der Waals surface area contributed by atoms with E-state index in [1.807, 2.05) is 67.0 Å². The molecule has 1 amide bonds. The van der Waals surface area contributed by atoms with Crippen LogP contribution in [0.5, 0.6) is 5.75 Å². The highest BCUT2D eigenvalue weighted by molar-refractivity contribution is 7.10. The van der Waals surface area contributed by atoms with E-state index in [2.05, 4.69) is 23.5 Å². The van der Waals surface area contributed by atoms with Gasteiger partial charge >= 0.3 is 0 Å². The molecule has 0 saturated carbocycles. The van der Waals surface area contributed by atoms with Gasteiger partial charge in [0.15, 0.2) is 6.54 Å². The fourth-order valence-corrected chi connectivity index (χ4v) is 3.66. The second kappa shape index (κ2) is 9.90. The molecule has 140 valence electrons. The summed E-state index contributed by atoms with van der Waals surface area (Å²) in [6.07, 6.45) is 0. The summed E-state index contributed by atoms with van der Waals surface area (Å²) in [5.74, 6) is 0.894. The molecule has 0 bridgehead atoms. The van der Waals surface area contributed by atoms with Crippen molar-refractivity contribution in [3.8, 4) is 5.75 Å². The summed E-state index contributed by atoms with van der Waals surface area (Å²) in [6, 6.07) is 23.8. The number of rotatable bonds is 9. The maximum atomic E-state index is 12.6. The number of para-hydroxylation sites is 1. The number of hydrogen-bond donors (Lipinski definition) is 2. The molecule has 27 heavy (non-hydrogen) atoms. The molecule has 2 N–H and O–H groups in total. The van der Waals surface area contributed by atoms with Crippen LogP contribution in [-0.4, -0.2) is 32.7 Å². The number of carbonyl (C=O) groups is 1. The van der Waals surface area contributed by atoms with E-state index in [-0.39, 0.29) is 11.9 Å². The summed E-state index contributed by atoms with van der Waals surface area (Å²) in [5.41, 5.74) is 1.10. The molecular weight excluding hydrogens is 356 g/mol. The normalized spacial score (nSPS) is 12.9. The standard InChI is InChI=1S/C22H24N2O2S/c1-24(14-15-26-19-11-6-3-7-12-19)17-21(25)23-22(20-13-8-16-27-20)18-9-4-2-5-10-18/h2-13,16,22H,14-15,17H2,1H3,(H,23,25)/p+1/t22-/m1/s1. The monoisotopic (exact) mass is 381 g/mol. The number of benzene rings is 2. The predicted octanol–water partition coefficient (Wildman–Crippen LogP) is 2.55. The van der Waals surface area contributed by atoms with Gasteiger partial charge in [-0.2, -0.15) is 0 Å². The predicted molar refractivity (Wildman–Crippen MR) is 109 cm³/mol. The Hall–Kier alpha value is -2.63. The first-order valence-electron chi connectivity index (χ1n) is 9.09. The maximum Gasteiger partial charge on any atom is 0.275 e. The summed E-state index contributed by atoms with van der Waals surface area (Å²) in [5, 5.41) is 5.22. The summed E-state index contributed by atoms with van der Waals surface area (Å²) in [4.78, 5) is 14.8. The first-order chi connectivity index (χ1) is 13.2. The molecule has 5 heteroatoms. The van der Waals surface area contributed by atoms with Gasteiger partial charge in [-0.25, -0.2) is 0 Å².